The molecule has 0 fully saturated rings. The lowest BCUT2D eigenvalue weighted by molar-refractivity contribution is 0.103. The van der Waals surface area contributed by atoms with Gasteiger partial charge in [-0.25, -0.2) is 4.39 Å². The maximum Gasteiger partial charge on any atom is 0.210 e. The summed E-state index contributed by atoms with van der Waals surface area (Å²) < 4.78 is 14.7. The predicted molar refractivity (Wildman–Crippen MR) is 76.4 cm³/mol. The van der Waals surface area contributed by atoms with Gasteiger partial charge >= 0.3 is 0 Å². The molecule has 0 spiro atoms. The fraction of sp³-hybridized carbons (Fsp3) is 0.0625. The van der Waals surface area contributed by atoms with E-state index in [2.05, 4.69) is 0 Å². The molecule has 0 amide bonds. The van der Waals surface area contributed by atoms with Gasteiger partial charge < -0.3 is 10.1 Å². The number of halogens is 1. The number of nitrogens with two attached hydrogens (primary N) is 1. The first-order chi connectivity index (χ1) is 9.59. The molecule has 3 nitrogen and oxygen atoms in total. The number of rotatable bonds is 2. The maximum atomic E-state index is 13.0. The fourth-order valence-electron chi connectivity index (χ4n) is 2.38. The fourth-order valence-corrected chi connectivity index (χ4v) is 2.38. The van der Waals surface area contributed by atoms with Gasteiger partial charge in [0.2, 0.25) is 5.78 Å². The van der Waals surface area contributed by atoms with Crippen LogP contribution in [0.3, 0.4) is 0 Å². The summed E-state index contributed by atoms with van der Waals surface area (Å²) >= 11 is 0. The topological polar surface area (TPSA) is 47.5 Å². The van der Waals surface area contributed by atoms with Crippen LogP contribution in [0, 0.1) is 12.7 Å². The van der Waals surface area contributed by atoms with E-state index in [1.54, 1.807) is 10.6 Å². The van der Waals surface area contributed by atoms with Crippen molar-refractivity contribution in [1.82, 2.24) is 4.40 Å². The Hall–Kier alpha value is -2.62. The van der Waals surface area contributed by atoms with E-state index in [0.717, 1.165) is 11.1 Å². The average molecular weight is 268 g/mol. The summed E-state index contributed by atoms with van der Waals surface area (Å²) in [6, 6.07) is 11.1. The predicted octanol–water partition coefficient (Wildman–Crippen LogP) is 3.20. The summed E-state index contributed by atoms with van der Waals surface area (Å²) in [5.41, 5.74) is 9.14. The van der Waals surface area contributed by atoms with Gasteiger partial charge in [0.1, 0.15) is 5.82 Å². The molecule has 0 saturated carbocycles. The Labute approximate surface area is 115 Å². The molecule has 0 unspecified atom stereocenters. The van der Waals surface area contributed by atoms with E-state index in [9.17, 15) is 9.18 Å². The van der Waals surface area contributed by atoms with Crippen LogP contribution in [0.5, 0.6) is 0 Å². The molecule has 0 aliphatic rings. The van der Waals surface area contributed by atoms with Crippen molar-refractivity contribution in [2.75, 3.05) is 5.73 Å². The van der Waals surface area contributed by atoms with Crippen molar-refractivity contribution in [1.29, 1.82) is 0 Å². The third-order valence-electron chi connectivity index (χ3n) is 3.46. The van der Waals surface area contributed by atoms with E-state index in [1.165, 1.54) is 24.3 Å². The molecule has 3 aromatic rings. The Morgan fingerprint density at radius 3 is 2.55 bits per heavy atom. The minimum Gasteiger partial charge on any atom is -0.397 e. The summed E-state index contributed by atoms with van der Waals surface area (Å²) in [6.07, 6.45) is 1.80. The molecular formula is C16H13FN2O. The Morgan fingerprint density at radius 1 is 1.15 bits per heavy atom. The van der Waals surface area contributed by atoms with Gasteiger partial charge in [0.15, 0.2) is 0 Å². The van der Waals surface area contributed by atoms with Crippen LogP contribution in [0.25, 0.3) is 5.52 Å². The number of carbonyl (C=O) groups is 1. The minimum atomic E-state index is -0.363. The van der Waals surface area contributed by atoms with Crippen LogP contribution in [0.2, 0.25) is 0 Å². The highest BCUT2D eigenvalue weighted by atomic mass is 19.1. The van der Waals surface area contributed by atoms with Crippen LogP contribution < -0.4 is 5.73 Å². The van der Waals surface area contributed by atoms with Gasteiger partial charge in [-0.15, -0.1) is 0 Å². The number of hydrogen-bond donors (Lipinski definition) is 1. The normalized spacial score (nSPS) is 10.9. The Balaban J connectivity index is 2.22. The zero-order valence-electron chi connectivity index (χ0n) is 10.9. The summed E-state index contributed by atoms with van der Waals surface area (Å²) in [4.78, 5) is 12.6. The van der Waals surface area contributed by atoms with Crippen LogP contribution in [0.4, 0.5) is 10.1 Å². The molecule has 0 aliphatic carbocycles. The van der Waals surface area contributed by atoms with Crippen molar-refractivity contribution < 1.29 is 9.18 Å². The lowest BCUT2D eigenvalue weighted by atomic mass is 10.1. The standard InChI is InChI=1S/C16H13FN2O/c1-10-14(18)13-4-2-3-9-19(13)15(10)16(20)11-5-7-12(17)8-6-11/h2-9H,18H2,1H3. The first-order valence-electron chi connectivity index (χ1n) is 6.25. The lowest BCUT2D eigenvalue weighted by Crippen LogP contribution is -2.06. The molecule has 100 valence electrons. The number of aromatic nitrogens is 1. The number of nitrogens with zero attached hydrogens (tertiary/aromatic N) is 1. The van der Waals surface area contributed by atoms with E-state index in [4.69, 9.17) is 5.73 Å². The molecule has 4 heteroatoms. The first-order valence-corrected chi connectivity index (χ1v) is 6.25. The molecular weight excluding hydrogens is 255 g/mol. The largest absolute Gasteiger partial charge is 0.397 e. The van der Waals surface area contributed by atoms with Gasteiger partial charge in [0.05, 0.1) is 16.9 Å². The number of nitrogen functional groups attached to an aromatic ring is 1. The van der Waals surface area contributed by atoms with Crippen molar-refractivity contribution in [2.45, 2.75) is 6.92 Å². The van der Waals surface area contributed by atoms with Crippen LogP contribution in [0.1, 0.15) is 21.6 Å². The molecule has 2 aromatic heterocycles. The van der Waals surface area contributed by atoms with Crippen LogP contribution >= 0.6 is 0 Å². The van der Waals surface area contributed by atoms with Gasteiger partial charge in [0.25, 0.3) is 0 Å². The number of hydrogen-bond acceptors (Lipinski definition) is 2. The van der Waals surface area contributed by atoms with Gasteiger partial charge in [-0.3, -0.25) is 4.79 Å². The highest BCUT2D eigenvalue weighted by molar-refractivity contribution is 6.11. The number of fused-ring (bicyclic) bond motifs is 1. The monoisotopic (exact) mass is 268 g/mol. The van der Waals surface area contributed by atoms with E-state index in [0.29, 0.717) is 16.9 Å². The lowest BCUT2D eigenvalue weighted by Gasteiger charge is -2.03. The number of benzene rings is 1. The quantitative estimate of drug-likeness (QED) is 0.725. The number of pyridine rings is 1. The van der Waals surface area contributed by atoms with Gasteiger partial charge in [-0.1, -0.05) is 6.07 Å². The Morgan fingerprint density at radius 2 is 1.85 bits per heavy atom. The molecule has 0 saturated heterocycles. The van der Waals surface area contributed by atoms with Crippen molar-refractivity contribution in [2.24, 2.45) is 0 Å². The summed E-state index contributed by atoms with van der Waals surface area (Å²) in [6.45, 7) is 1.82. The van der Waals surface area contributed by atoms with E-state index < -0.39 is 0 Å². The second-order valence-electron chi connectivity index (χ2n) is 4.68. The van der Waals surface area contributed by atoms with Crippen LogP contribution in [-0.2, 0) is 0 Å². The van der Waals surface area contributed by atoms with Crippen molar-refractivity contribution in [3.8, 4) is 0 Å². The third-order valence-corrected chi connectivity index (χ3v) is 3.46. The third kappa shape index (κ3) is 1.77. The first kappa shape index (κ1) is 12.4. The van der Waals surface area contributed by atoms with Crippen molar-refractivity contribution in [3.05, 3.63) is 71.3 Å². The number of anilines is 1. The Kier molecular flexibility index (Phi) is 2.79. The summed E-state index contributed by atoms with van der Waals surface area (Å²) in [7, 11) is 0. The molecule has 0 aliphatic heterocycles. The number of ketones is 1. The Bertz CT molecular complexity index is 803. The summed E-state index contributed by atoms with van der Waals surface area (Å²) in [5, 5.41) is 0. The van der Waals surface area contributed by atoms with Crippen molar-refractivity contribution >= 4 is 17.0 Å². The van der Waals surface area contributed by atoms with Gasteiger partial charge in [-0.05, 0) is 43.3 Å². The number of carbonyl (C=O) groups excluding carboxylic acids is 1. The summed E-state index contributed by atoms with van der Waals surface area (Å²) in [5.74, 6) is -0.529. The second kappa shape index (κ2) is 4.49. The van der Waals surface area contributed by atoms with E-state index >= 15 is 0 Å². The molecule has 0 atom stereocenters. The smallest absolute Gasteiger partial charge is 0.210 e. The second-order valence-corrected chi connectivity index (χ2v) is 4.68. The molecule has 0 radical (unpaired) electrons. The van der Waals surface area contributed by atoms with E-state index in [1.807, 2.05) is 25.1 Å². The zero-order valence-corrected chi connectivity index (χ0v) is 10.9. The van der Waals surface area contributed by atoms with Crippen molar-refractivity contribution in [3.63, 3.8) is 0 Å². The highest BCUT2D eigenvalue weighted by Crippen LogP contribution is 2.27. The zero-order chi connectivity index (χ0) is 14.3. The SMILES string of the molecule is Cc1c(N)c2ccccn2c1C(=O)c1ccc(F)cc1. The maximum absolute atomic E-state index is 13.0. The van der Waals surface area contributed by atoms with Crippen LogP contribution in [-0.4, -0.2) is 10.2 Å². The molecule has 1 aromatic carbocycles. The minimum absolute atomic E-state index is 0.166. The molecule has 3 rings (SSSR count). The molecule has 2 N–H and O–H groups in total. The van der Waals surface area contributed by atoms with Gasteiger partial charge in [0, 0.05) is 17.3 Å². The van der Waals surface area contributed by atoms with E-state index in [-0.39, 0.29) is 11.6 Å². The highest BCUT2D eigenvalue weighted by Gasteiger charge is 2.19. The van der Waals surface area contributed by atoms with Gasteiger partial charge in [-0.2, -0.15) is 0 Å². The average Bonchev–Trinajstić information content (AvgIpc) is 2.72. The van der Waals surface area contributed by atoms with Crippen LogP contribution in [0.15, 0.2) is 48.7 Å². The molecule has 20 heavy (non-hydrogen) atoms. The molecule has 2 heterocycles. The molecule has 0 bridgehead atoms.